The smallest absolute Gasteiger partial charge is 0.297 e. The van der Waals surface area contributed by atoms with E-state index in [4.69, 9.17) is 0 Å². The lowest BCUT2D eigenvalue weighted by Crippen LogP contribution is -2.27. The highest BCUT2D eigenvalue weighted by atomic mass is 16.2. The van der Waals surface area contributed by atoms with Crippen LogP contribution >= 0.6 is 0 Å². The van der Waals surface area contributed by atoms with Crippen molar-refractivity contribution in [3.05, 3.63) is 77.0 Å². The Labute approximate surface area is 201 Å². The maximum absolute atomic E-state index is 13.5. The summed E-state index contributed by atoms with van der Waals surface area (Å²) in [6, 6.07) is 12.0. The van der Waals surface area contributed by atoms with Crippen molar-refractivity contribution < 1.29 is 0 Å². The molecule has 0 saturated carbocycles. The van der Waals surface area contributed by atoms with Gasteiger partial charge in [-0.15, -0.1) is 15.3 Å². The third-order valence-electron chi connectivity index (χ3n) is 5.85. The number of nitrogens with one attached hydrogen (secondary N) is 1. The minimum Gasteiger partial charge on any atom is -0.297 e. The zero-order valence-corrected chi connectivity index (χ0v) is 19.8. The van der Waals surface area contributed by atoms with E-state index in [2.05, 4.69) is 42.7 Å². The molecule has 4 aromatic heterocycles. The average Bonchev–Trinajstić information content (AvgIpc) is 3.62. The van der Waals surface area contributed by atoms with Crippen LogP contribution in [-0.2, 0) is 13.0 Å². The zero-order valence-electron chi connectivity index (χ0n) is 19.8. The van der Waals surface area contributed by atoms with Crippen LogP contribution in [0.5, 0.6) is 0 Å². The lowest BCUT2D eigenvalue weighted by Gasteiger charge is -2.09. The van der Waals surface area contributed by atoms with Gasteiger partial charge in [-0.25, -0.2) is 14.5 Å². The number of benzene rings is 1. The summed E-state index contributed by atoms with van der Waals surface area (Å²) in [7, 11) is 0. The summed E-state index contributed by atoms with van der Waals surface area (Å²) in [5.41, 5.74) is 4.45. The van der Waals surface area contributed by atoms with Gasteiger partial charge in [0.15, 0.2) is 5.82 Å². The van der Waals surface area contributed by atoms with Crippen LogP contribution < -0.4 is 5.69 Å². The maximum Gasteiger partial charge on any atom is 0.335 e. The normalized spacial score (nSPS) is 11.4. The number of rotatable bonds is 8. The highest BCUT2D eigenvalue weighted by Gasteiger charge is 2.18. The summed E-state index contributed by atoms with van der Waals surface area (Å²) >= 11 is 0. The largest absolute Gasteiger partial charge is 0.335 e. The van der Waals surface area contributed by atoms with Crippen molar-refractivity contribution >= 4 is 0 Å². The van der Waals surface area contributed by atoms with Crippen molar-refractivity contribution in [2.24, 2.45) is 0 Å². The Bertz CT molecular complexity index is 1490. The van der Waals surface area contributed by atoms with Crippen LogP contribution in [0.1, 0.15) is 44.6 Å². The molecule has 0 saturated heterocycles. The van der Waals surface area contributed by atoms with Gasteiger partial charge in [0.2, 0.25) is 5.95 Å². The van der Waals surface area contributed by atoms with E-state index in [1.165, 1.54) is 0 Å². The van der Waals surface area contributed by atoms with Gasteiger partial charge >= 0.3 is 5.69 Å². The molecule has 0 radical (unpaired) electrons. The van der Waals surface area contributed by atoms with Crippen LogP contribution in [-0.4, -0.2) is 49.5 Å². The molecule has 35 heavy (non-hydrogen) atoms. The van der Waals surface area contributed by atoms with E-state index in [-0.39, 0.29) is 11.7 Å². The first-order valence-corrected chi connectivity index (χ1v) is 11.6. The molecule has 1 aromatic carbocycles. The Morgan fingerprint density at radius 3 is 2.66 bits per heavy atom. The standard InChI is InChI=1S/C24H26N10O/c1-4-6-21-14-33(23-29-26-15-34(23)16(2)3)24(35)32(21)13-20-12-18(9-10-25-20)17-7-5-8-19(11-17)22-27-30-31-28-22/h5,7-12,14-16H,4,6,13H2,1-3H3,(H,27,28,30,31). The van der Waals surface area contributed by atoms with Crippen LogP contribution in [0.25, 0.3) is 28.5 Å². The van der Waals surface area contributed by atoms with Crippen molar-refractivity contribution in [1.82, 2.24) is 49.5 Å². The molecule has 0 aliphatic carbocycles. The number of aromatic amines is 1. The molecular formula is C24H26N10O. The third kappa shape index (κ3) is 4.39. The van der Waals surface area contributed by atoms with Gasteiger partial charge in [-0.3, -0.25) is 14.1 Å². The van der Waals surface area contributed by atoms with E-state index in [0.29, 0.717) is 18.3 Å². The first kappa shape index (κ1) is 22.4. The number of pyridine rings is 1. The van der Waals surface area contributed by atoms with Gasteiger partial charge in [0.05, 0.1) is 12.2 Å². The number of hydrogen-bond acceptors (Lipinski definition) is 7. The molecule has 1 N–H and O–H groups in total. The minimum absolute atomic E-state index is 0.131. The van der Waals surface area contributed by atoms with Gasteiger partial charge in [0.1, 0.15) is 6.33 Å². The van der Waals surface area contributed by atoms with E-state index in [1.54, 1.807) is 21.7 Å². The molecule has 0 atom stereocenters. The summed E-state index contributed by atoms with van der Waals surface area (Å²) in [6.07, 6.45) is 6.97. The van der Waals surface area contributed by atoms with Gasteiger partial charge < -0.3 is 0 Å². The van der Waals surface area contributed by atoms with Gasteiger partial charge in [-0.1, -0.05) is 31.5 Å². The Morgan fingerprint density at radius 2 is 1.89 bits per heavy atom. The number of tetrazole rings is 1. The van der Waals surface area contributed by atoms with Crippen LogP contribution in [0.4, 0.5) is 0 Å². The van der Waals surface area contributed by atoms with Gasteiger partial charge in [0, 0.05) is 29.7 Å². The predicted molar refractivity (Wildman–Crippen MR) is 130 cm³/mol. The predicted octanol–water partition coefficient (Wildman–Crippen LogP) is 3.05. The van der Waals surface area contributed by atoms with Crippen LogP contribution in [0.3, 0.4) is 0 Å². The average molecular weight is 471 g/mol. The highest BCUT2D eigenvalue weighted by Crippen LogP contribution is 2.24. The Morgan fingerprint density at radius 1 is 1.06 bits per heavy atom. The number of aryl methyl sites for hydroxylation is 1. The lowest BCUT2D eigenvalue weighted by molar-refractivity contribution is 0.576. The fraction of sp³-hybridized carbons (Fsp3) is 0.292. The first-order chi connectivity index (χ1) is 17.0. The fourth-order valence-corrected chi connectivity index (χ4v) is 4.10. The van der Waals surface area contributed by atoms with E-state index < -0.39 is 0 Å². The van der Waals surface area contributed by atoms with Crippen molar-refractivity contribution in [2.45, 2.75) is 46.2 Å². The van der Waals surface area contributed by atoms with Crippen molar-refractivity contribution in [1.29, 1.82) is 0 Å². The molecule has 5 rings (SSSR count). The Balaban J connectivity index is 1.50. The van der Waals surface area contributed by atoms with Crippen molar-refractivity contribution in [3.8, 4) is 28.5 Å². The van der Waals surface area contributed by atoms with E-state index in [1.807, 2.05) is 61.0 Å². The van der Waals surface area contributed by atoms with Gasteiger partial charge in [-0.2, -0.15) is 0 Å². The summed E-state index contributed by atoms with van der Waals surface area (Å²) in [5, 5.41) is 22.3. The van der Waals surface area contributed by atoms with E-state index >= 15 is 0 Å². The number of hydrogen-bond donors (Lipinski definition) is 1. The Hall–Kier alpha value is -4.41. The summed E-state index contributed by atoms with van der Waals surface area (Å²) in [4.78, 5) is 18.0. The first-order valence-electron chi connectivity index (χ1n) is 11.6. The molecule has 11 nitrogen and oxygen atoms in total. The third-order valence-corrected chi connectivity index (χ3v) is 5.85. The molecule has 0 fully saturated rings. The molecule has 0 aliphatic heterocycles. The van der Waals surface area contributed by atoms with E-state index in [0.717, 1.165) is 40.9 Å². The van der Waals surface area contributed by atoms with Crippen LogP contribution in [0, 0.1) is 0 Å². The fourth-order valence-electron chi connectivity index (χ4n) is 4.10. The molecule has 0 spiro atoms. The SMILES string of the molecule is CCCc1cn(-c2nncn2C(C)C)c(=O)n1Cc1cc(-c2cccc(-c3nnn[nH]3)c2)ccn1. The quantitative estimate of drug-likeness (QED) is 0.369. The number of nitrogens with zero attached hydrogens (tertiary/aromatic N) is 9. The molecule has 0 aliphatic rings. The van der Waals surface area contributed by atoms with Gasteiger partial charge in [0.25, 0.3) is 0 Å². The topological polar surface area (TPSA) is 125 Å². The van der Waals surface area contributed by atoms with Crippen molar-refractivity contribution in [2.75, 3.05) is 0 Å². The zero-order chi connectivity index (χ0) is 24.4. The molecule has 0 unspecified atom stereocenters. The van der Waals surface area contributed by atoms with E-state index in [9.17, 15) is 4.79 Å². The molecule has 11 heteroatoms. The molecule has 0 bridgehead atoms. The number of imidazole rings is 1. The van der Waals surface area contributed by atoms with Crippen LogP contribution in [0.2, 0.25) is 0 Å². The number of aromatic nitrogens is 10. The second-order valence-corrected chi connectivity index (χ2v) is 8.61. The number of H-pyrrole nitrogens is 1. The van der Waals surface area contributed by atoms with Crippen LogP contribution in [0.15, 0.2) is 59.9 Å². The summed E-state index contributed by atoms with van der Waals surface area (Å²) in [6.45, 7) is 6.52. The Kier molecular flexibility index (Phi) is 6.04. The molecule has 4 heterocycles. The molecular weight excluding hydrogens is 444 g/mol. The lowest BCUT2D eigenvalue weighted by atomic mass is 10.0. The highest BCUT2D eigenvalue weighted by molar-refractivity contribution is 5.70. The van der Waals surface area contributed by atoms with Crippen molar-refractivity contribution in [3.63, 3.8) is 0 Å². The second kappa shape index (κ2) is 9.45. The maximum atomic E-state index is 13.5. The molecule has 5 aromatic rings. The van der Waals surface area contributed by atoms with Gasteiger partial charge in [-0.05, 0) is 60.0 Å². The molecule has 178 valence electrons. The monoisotopic (exact) mass is 470 g/mol. The molecule has 0 amide bonds. The minimum atomic E-state index is -0.157. The second-order valence-electron chi connectivity index (χ2n) is 8.61. The summed E-state index contributed by atoms with van der Waals surface area (Å²) in [5.74, 6) is 1.12. The summed E-state index contributed by atoms with van der Waals surface area (Å²) < 4.78 is 5.24.